The molecular weight excluding hydrogens is 156 g/mol. The average molecular weight is 166 g/mol. The van der Waals surface area contributed by atoms with E-state index in [1.165, 1.54) is 0 Å². The number of carbonyl (C=O) groups is 2. The zero-order valence-electron chi connectivity index (χ0n) is 6.87. The number of fused-ring (bicyclic) bond motifs is 1. The highest BCUT2D eigenvalue weighted by Crippen LogP contribution is 2.34. The third-order valence-electron chi connectivity index (χ3n) is 2.47. The number of carbonyl (C=O) groups excluding carboxylic acids is 2. The van der Waals surface area contributed by atoms with Gasteiger partial charge in [0.25, 0.3) is 0 Å². The maximum atomic E-state index is 11.1. The predicted octanol–water partition coefficient (Wildman–Crippen LogP) is 1.04. The van der Waals surface area contributed by atoms with Crippen molar-refractivity contribution in [3.05, 3.63) is 11.6 Å². The van der Waals surface area contributed by atoms with Crippen LogP contribution in [0.3, 0.4) is 0 Å². The van der Waals surface area contributed by atoms with E-state index in [9.17, 15) is 9.59 Å². The summed E-state index contributed by atoms with van der Waals surface area (Å²) in [5, 5.41) is 0. The predicted molar refractivity (Wildman–Crippen MR) is 41.1 cm³/mol. The number of hydrogen-bond donors (Lipinski definition) is 0. The van der Waals surface area contributed by atoms with E-state index in [1.54, 1.807) is 0 Å². The molecule has 0 N–H and O–H groups in total. The van der Waals surface area contributed by atoms with Crippen LogP contribution in [0.25, 0.3) is 0 Å². The molecule has 1 fully saturated rings. The van der Waals surface area contributed by atoms with Crippen molar-refractivity contribution in [1.29, 1.82) is 0 Å². The molecule has 0 amide bonds. The number of ether oxygens (including phenoxy) is 1. The molecule has 0 radical (unpaired) electrons. The summed E-state index contributed by atoms with van der Waals surface area (Å²) in [5.74, 6) is -0.576. The van der Waals surface area contributed by atoms with Crippen LogP contribution in [0.4, 0.5) is 0 Å². The summed E-state index contributed by atoms with van der Waals surface area (Å²) in [4.78, 5) is 22.1. The van der Waals surface area contributed by atoms with E-state index in [2.05, 4.69) is 11.7 Å². The number of hydrogen-bond acceptors (Lipinski definition) is 3. The molecule has 3 nitrogen and oxygen atoms in total. The second-order valence-corrected chi connectivity index (χ2v) is 3.50. The summed E-state index contributed by atoms with van der Waals surface area (Å²) in [6.45, 7) is 2.07. The molecule has 0 aromatic carbocycles. The van der Waals surface area contributed by atoms with Crippen LogP contribution in [0.5, 0.6) is 0 Å². The Bertz CT molecular complexity index is 277. The Balaban J connectivity index is 2.33. The van der Waals surface area contributed by atoms with E-state index >= 15 is 0 Å². The summed E-state index contributed by atoms with van der Waals surface area (Å²) in [6, 6.07) is 0. The number of rotatable bonds is 0. The Hall–Kier alpha value is -1.12. The van der Waals surface area contributed by atoms with E-state index in [0.29, 0.717) is 11.5 Å². The molecule has 1 aliphatic heterocycles. The third kappa shape index (κ3) is 0.967. The van der Waals surface area contributed by atoms with Gasteiger partial charge < -0.3 is 4.74 Å². The molecule has 64 valence electrons. The Labute approximate surface area is 70.4 Å². The first-order valence-electron chi connectivity index (χ1n) is 4.14. The topological polar surface area (TPSA) is 43.4 Å². The lowest BCUT2D eigenvalue weighted by Gasteiger charge is -2.17. The van der Waals surface area contributed by atoms with Crippen LogP contribution >= 0.6 is 0 Å². The summed E-state index contributed by atoms with van der Waals surface area (Å²) in [6.07, 6.45) is 3.48. The van der Waals surface area contributed by atoms with Crippen molar-refractivity contribution < 1.29 is 14.3 Å². The molecule has 0 aromatic heterocycles. The Morgan fingerprint density at radius 3 is 3.00 bits per heavy atom. The highest BCUT2D eigenvalue weighted by atomic mass is 16.6. The smallest absolute Gasteiger partial charge is 0.342 e. The number of allylic oxidation sites excluding steroid dienone is 1. The van der Waals surface area contributed by atoms with Gasteiger partial charge in [-0.15, -0.1) is 0 Å². The van der Waals surface area contributed by atoms with Crippen molar-refractivity contribution in [2.75, 3.05) is 0 Å². The van der Waals surface area contributed by atoms with Crippen LogP contribution in [-0.2, 0) is 14.3 Å². The fourth-order valence-electron chi connectivity index (χ4n) is 1.77. The molecule has 1 aliphatic carbocycles. The van der Waals surface area contributed by atoms with Gasteiger partial charge in [0.1, 0.15) is 0 Å². The summed E-state index contributed by atoms with van der Waals surface area (Å²) in [7, 11) is 0. The highest BCUT2D eigenvalue weighted by Gasteiger charge is 2.41. The maximum absolute atomic E-state index is 11.1. The minimum atomic E-state index is -0.433. The lowest BCUT2D eigenvalue weighted by molar-refractivity contribution is -0.152. The van der Waals surface area contributed by atoms with Crippen LogP contribution < -0.4 is 0 Å². The monoisotopic (exact) mass is 166 g/mol. The fourth-order valence-corrected chi connectivity index (χ4v) is 1.77. The lowest BCUT2D eigenvalue weighted by atomic mass is 9.83. The van der Waals surface area contributed by atoms with Crippen molar-refractivity contribution in [2.24, 2.45) is 11.8 Å². The highest BCUT2D eigenvalue weighted by molar-refractivity contribution is 6.07. The number of cyclic esters (lactones) is 2. The first-order valence-corrected chi connectivity index (χ1v) is 4.14. The molecule has 2 atom stereocenters. The molecule has 0 aromatic rings. The molecule has 1 saturated heterocycles. The second kappa shape index (κ2) is 2.44. The van der Waals surface area contributed by atoms with Crippen LogP contribution in [0.15, 0.2) is 11.6 Å². The second-order valence-electron chi connectivity index (χ2n) is 3.50. The molecular formula is C9H10O3. The normalized spacial score (nSPS) is 34.2. The molecule has 1 heterocycles. The Kier molecular flexibility index (Phi) is 1.53. The van der Waals surface area contributed by atoms with Crippen molar-refractivity contribution in [1.82, 2.24) is 0 Å². The zero-order valence-corrected chi connectivity index (χ0v) is 6.87. The summed E-state index contributed by atoms with van der Waals surface area (Å²) < 4.78 is 4.51. The van der Waals surface area contributed by atoms with Gasteiger partial charge in [-0.25, -0.2) is 4.79 Å². The van der Waals surface area contributed by atoms with Gasteiger partial charge in [-0.2, -0.15) is 0 Å². The van der Waals surface area contributed by atoms with Gasteiger partial charge in [0, 0.05) is 5.57 Å². The summed E-state index contributed by atoms with van der Waals surface area (Å²) >= 11 is 0. The van der Waals surface area contributed by atoms with Gasteiger partial charge >= 0.3 is 11.9 Å². The first kappa shape index (κ1) is 7.53. The van der Waals surface area contributed by atoms with E-state index < -0.39 is 5.97 Å². The van der Waals surface area contributed by atoms with Crippen LogP contribution in [-0.4, -0.2) is 11.9 Å². The van der Waals surface area contributed by atoms with Crippen LogP contribution in [0.2, 0.25) is 0 Å². The SMILES string of the molecule is CC1CC=C2C(=O)OC(=O)C2C1. The van der Waals surface area contributed by atoms with Crippen molar-refractivity contribution in [3.8, 4) is 0 Å². The minimum Gasteiger partial charge on any atom is -0.389 e. The van der Waals surface area contributed by atoms with Gasteiger partial charge in [-0.1, -0.05) is 13.0 Å². The van der Waals surface area contributed by atoms with E-state index in [4.69, 9.17) is 0 Å². The Morgan fingerprint density at radius 1 is 1.50 bits per heavy atom. The largest absolute Gasteiger partial charge is 0.389 e. The van der Waals surface area contributed by atoms with Gasteiger partial charge in [0.15, 0.2) is 0 Å². The summed E-state index contributed by atoms with van der Waals surface area (Å²) in [5.41, 5.74) is 0.582. The van der Waals surface area contributed by atoms with E-state index in [-0.39, 0.29) is 11.9 Å². The van der Waals surface area contributed by atoms with Gasteiger partial charge in [0.05, 0.1) is 5.92 Å². The standard InChI is InChI=1S/C9H10O3/c1-5-2-3-6-7(4-5)9(11)12-8(6)10/h3,5,7H,2,4H2,1H3. The average Bonchev–Trinajstić information content (AvgIpc) is 2.28. The van der Waals surface area contributed by atoms with Crippen LogP contribution in [0.1, 0.15) is 19.8 Å². The Morgan fingerprint density at radius 2 is 2.25 bits per heavy atom. The molecule has 2 unspecified atom stereocenters. The minimum absolute atomic E-state index is 0.263. The molecule has 0 saturated carbocycles. The molecule has 2 rings (SSSR count). The third-order valence-corrected chi connectivity index (χ3v) is 2.47. The molecule has 2 aliphatic rings. The molecule has 3 heteroatoms. The lowest BCUT2D eigenvalue weighted by Crippen LogP contribution is -2.16. The first-order chi connectivity index (χ1) is 5.68. The van der Waals surface area contributed by atoms with Crippen molar-refractivity contribution >= 4 is 11.9 Å². The van der Waals surface area contributed by atoms with Crippen molar-refractivity contribution in [2.45, 2.75) is 19.8 Å². The maximum Gasteiger partial charge on any atom is 0.342 e. The quantitative estimate of drug-likeness (QED) is 0.399. The van der Waals surface area contributed by atoms with Gasteiger partial charge in [-0.3, -0.25) is 4.79 Å². The van der Waals surface area contributed by atoms with E-state index in [1.807, 2.05) is 6.08 Å². The molecule has 12 heavy (non-hydrogen) atoms. The zero-order chi connectivity index (χ0) is 8.72. The van der Waals surface area contributed by atoms with E-state index in [0.717, 1.165) is 12.8 Å². The van der Waals surface area contributed by atoms with Gasteiger partial charge in [0.2, 0.25) is 0 Å². The van der Waals surface area contributed by atoms with Crippen molar-refractivity contribution in [3.63, 3.8) is 0 Å². The number of esters is 2. The molecule has 0 spiro atoms. The van der Waals surface area contributed by atoms with Gasteiger partial charge in [-0.05, 0) is 18.8 Å². The fraction of sp³-hybridized carbons (Fsp3) is 0.556. The molecule has 0 bridgehead atoms. The van der Waals surface area contributed by atoms with Crippen LogP contribution in [0, 0.1) is 11.8 Å².